The molecule has 1 aliphatic carbocycles. The van der Waals surface area contributed by atoms with Crippen LogP contribution in [0.25, 0.3) is 0 Å². The van der Waals surface area contributed by atoms with Crippen LogP contribution in [0.5, 0.6) is 0 Å². The van der Waals surface area contributed by atoms with E-state index in [4.69, 9.17) is 5.73 Å². The number of thioether (sulfide) groups is 1. The molecule has 1 saturated carbocycles. The van der Waals surface area contributed by atoms with Gasteiger partial charge in [-0.1, -0.05) is 18.2 Å². The highest BCUT2D eigenvalue weighted by Gasteiger charge is 2.32. The van der Waals surface area contributed by atoms with Crippen LogP contribution < -0.4 is 5.73 Å². The van der Waals surface area contributed by atoms with E-state index in [9.17, 15) is 0 Å². The molecule has 0 radical (unpaired) electrons. The third-order valence-electron chi connectivity index (χ3n) is 3.43. The largest absolute Gasteiger partial charge is 0.329 e. The highest BCUT2D eigenvalue weighted by Crippen LogP contribution is 2.34. The molecule has 1 unspecified atom stereocenters. The summed E-state index contributed by atoms with van der Waals surface area (Å²) in [6.45, 7) is 1.93. The van der Waals surface area contributed by atoms with Gasteiger partial charge in [0.15, 0.2) is 0 Å². The molecule has 2 N–H and O–H groups in total. The van der Waals surface area contributed by atoms with Crippen molar-refractivity contribution in [3.05, 3.63) is 30.3 Å². The molecule has 2 rings (SSSR count). The van der Waals surface area contributed by atoms with Gasteiger partial charge in [-0.15, -0.1) is 11.8 Å². The zero-order valence-corrected chi connectivity index (χ0v) is 11.3. The fourth-order valence-electron chi connectivity index (χ4n) is 2.20. The zero-order valence-electron chi connectivity index (χ0n) is 10.5. The Balaban J connectivity index is 1.70. The maximum absolute atomic E-state index is 5.85. The van der Waals surface area contributed by atoms with E-state index in [2.05, 4.69) is 42.3 Å². The molecular formula is C14H22N2S. The average molecular weight is 250 g/mol. The lowest BCUT2D eigenvalue weighted by atomic mass is 10.1. The van der Waals surface area contributed by atoms with Crippen LogP contribution in [0.2, 0.25) is 0 Å². The summed E-state index contributed by atoms with van der Waals surface area (Å²) < 4.78 is 0. The molecule has 0 amide bonds. The van der Waals surface area contributed by atoms with Gasteiger partial charge >= 0.3 is 0 Å². The summed E-state index contributed by atoms with van der Waals surface area (Å²) >= 11 is 1.93. The van der Waals surface area contributed by atoms with E-state index < -0.39 is 0 Å². The van der Waals surface area contributed by atoms with Crippen molar-refractivity contribution in [1.29, 1.82) is 0 Å². The molecule has 1 aromatic rings. The Hall–Kier alpha value is -0.510. The SMILES string of the molecule is CN(CCSc1ccccc1)C(CN)C1CC1. The number of nitrogens with zero attached hydrogens (tertiary/aromatic N) is 1. The number of hydrogen-bond acceptors (Lipinski definition) is 3. The Bertz CT molecular complexity index is 324. The summed E-state index contributed by atoms with van der Waals surface area (Å²) in [6, 6.07) is 11.2. The van der Waals surface area contributed by atoms with Gasteiger partial charge in [-0.25, -0.2) is 0 Å². The van der Waals surface area contributed by atoms with Crippen molar-refractivity contribution in [2.75, 3.05) is 25.9 Å². The number of hydrogen-bond donors (Lipinski definition) is 1. The van der Waals surface area contributed by atoms with Gasteiger partial charge in [0.1, 0.15) is 0 Å². The second kappa shape index (κ2) is 6.43. The Morgan fingerprint density at radius 2 is 2.06 bits per heavy atom. The van der Waals surface area contributed by atoms with Crippen molar-refractivity contribution in [2.45, 2.75) is 23.8 Å². The molecule has 1 aromatic carbocycles. The molecule has 0 aliphatic heterocycles. The van der Waals surface area contributed by atoms with Crippen LogP contribution in [-0.2, 0) is 0 Å². The Kier molecular flexibility index (Phi) is 4.89. The van der Waals surface area contributed by atoms with E-state index in [1.54, 1.807) is 0 Å². The minimum Gasteiger partial charge on any atom is -0.329 e. The molecule has 0 heterocycles. The number of nitrogens with two attached hydrogens (primary N) is 1. The second-order valence-electron chi connectivity index (χ2n) is 4.78. The molecule has 1 atom stereocenters. The van der Waals surface area contributed by atoms with Crippen molar-refractivity contribution in [3.8, 4) is 0 Å². The van der Waals surface area contributed by atoms with Crippen LogP contribution in [0.15, 0.2) is 35.2 Å². The summed E-state index contributed by atoms with van der Waals surface area (Å²) in [5, 5.41) is 0. The van der Waals surface area contributed by atoms with E-state index >= 15 is 0 Å². The van der Waals surface area contributed by atoms with Crippen molar-refractivity contribution in [1.82, 2.24) is 4.90 Å². The highest BCUT2D eigenvalue weighted by molar-refractivity contribution is 7.99. The van der Waals surface area contributed by atoms with Crippen molar-refractivity contribution < 1.29 is 0 Å². The van der Waals surface area contributed by atoms with Crippen LogP contribution in [0.3, 0.4) is 0 Å². The zero-order chi connectivity index (χ0) is 12.1. The summed E-state index contributed by atoms with van der Waals surface area (Å²) in [5.41, 5.74) is 5.85. The predicted molar refractivity (Wildman–Crippen MR) is 75.4 cm³/mol. The standard InChI is InChI=1S/C14H22N2S/c1-16(14(11-15)12-7-8-12)9-10-17-13-5-3-2-4-6-13/h2-6,12,14H,7-11,15H2,1H3. The fourth-order valence-corrected chi connectivity index (χ4v) is 3.17. The maximum Gasteiger partial charge on any atom is 0.0243 e. The van der Waals surface area contributed by atoms with Gasteiger partial charge in [0.25, 0.3) is 0 Å². The van der Waals surface area contributed by atoms with Crippen LogP contribution in [0.4, 0.5) is 0 Å². The molecular weight excluding hydrogens is 228 g/mol. The lowest BCUT2D eigenvalue weighted by Gasteiger charge is -2.26. The first-order valence-electron chi connectivity index (χ1n) is 6.39. The summed E-state index contributed by atoms with van der Waals surface area (Å²) in [6.07, 6.45) is 2.75. The lowest BCUT2D eigenvalue weighted by molar-refractivity contribution is 0.236. The molecule has 17 heavy (non-hydrogen) atoms. The van der Waals surface area contributed by atoms with Crippen molar-refractivity contribution in [2.24, 2.45) is 11.7 Å². The van der Waals surface area contributed by atoms with Gasteiger partial charge in [0, 0.05) is 29.8 Å². The molecule has 1 aliphatic rings. The quantitative estimate of drug-likeness (QED) is 0.754. The van der Waals surface area contributed by atoms with Crippen LogP contribution >= 0.6 is 11.8 Å². The van der Waals surface area contributed by atoms with Crippen LogP contribution in [0, 0.1) is 5.92 Å². The van der Waals surface area contributed by atoms with E-state index in [0.717, 1.165) is 24.8 Å². The third-order valence-corrected chi connectivity index (χ3v) is 4.42. The van der Waals surface area contributed by atoms with Gasteiger partial charge in [-0.3, -0.25) is 0 Å². The van der Waals surface area contributed by atoms with E-state index in [-0.39, 0.29) is 0 Å². The first-order chi connectivity index (χ1) is 8.31. The van der Waals surface area contributed by atoms with Gasteiger partial charge in [0.05, 0.1) is 0 Å². The molecule has 0 saturated heterocycles. The Morgan fingerprint density at radius 1 is 1.35 bits per heavy atom. The average Bonchev–Trinajstić information content (AvgIpc) is 3.16. The molecule has 3 heteroatoms. The Morgan fingerprint density at radius 3 is 2.65 bits per heavy atom. The van der Waals surface area contributed by atoms with Crippen LogP contribution in [-0.4, -0.2) is 36.8 Å². The summed E-state index contributed by atoms with van der Waals surface area (Å²) in [4.78, 5) is 3.80. The molecule has 0 aromatic heterocycles. The van der Waals surface area contributed by atoms with Crippen molar-refractivity contribution >= 4 is 11.8 Å². The van der Waals surface area contributed by atoms with E-state index in [1.807, 2.05) is 11.8 Å². The maximum atomic E-state index is 5.85. The van der Waals surface area contributed by atoms with Crippen LogP contribution in [0.1, 0.15) is 12.8 Å². The number of benzene rings is 1. The first kappa shape index (κ1) is 12.9. The molecule has 0 spiro atoms. The molecule has 1 fully saturated rings. The van der Waals surface area contributed by atoms with E-state index in [0.29, 0.717) is 6.04 Å². The lowest BCUT2D eigenvalue weighted by Crippen LogP contribution is -2.40. The van der Waals surface area contributed by atoms with Crippen molar-refractivity contribution in [3.63, 3.8) is 0 Å². The predicted octanol–water partition coefficient (Wildman–Crippen LogP) is 2.45. The monoisotopic (exact) mass is 250 g/mol. The highest BCUT2D eigenvalue weighted by atomic mass is 32.2. The topological polar surface area (TPSA) is 29.3 Å². The minimum atomic E-state index is 0.603. The smallest absolute Gasteiger partial charge is 0.0243 e. The summed E-state index contributed by atoms with van der Waals surface area (Å²) in [5.74, 6) is 2.01. The first-order valence-corrected chi connectivity index (χ1v) is 7.38. The fraction of sp³-hybridized carbons (Fsp3) is 0.571. The molecule has 0 bridgehead atoms. The van der Waals surface area contributed by atoms with Gasteiger partial charge < -0.3 is 10.6 Å². The second-order valence-corrected chi connectivity index (χ2v) is 5.95. The molecule has 2 nitrogen and oxygen atoms in total. The summed E-state index contributed by atoms with van der Waals surface area (Å²) in [7, 11) is 2.21. The third kappa shape index (κ3) is 4.02. The number of rotatable bonds is 7. The van der Waals surface area contributed by atoms with Gasteiger partial charge in [0.2, 0.25) is 0 Å². The van der Waals surface area contributed by atoms with E-state index in [1.165, 1.54) is 17.7 Å². The minimum absolute atomic E-state index is 0.603. The molecule has 94 valence electrons. The van der Waals surface area contributed by atoms with Gasteiger partial charge in [-0.2, -0.15) is 0 Å². The Labute approximate surface area is 109 Å². The van der Waals surface area contributed by atoms with Gasteiger partial charge in [-0.05, 0) is 37.9 Å². The number of likely N-dealkylation sites (N-methyl/N-ethyl adjacent to an activating group) is 1. The normalized spacial score (nSPS) is 17.4.